The van der Waals surface area contributed by atoms with Gasteiger partial charge in [-0.05, 0) is 48.5 Å². The SMILES string of the molecule is CN(C)c1ccc(Nc2cnnc(Nc3ccc(Cl)cc3)n2)cc1. The molecular weight excluding hydrogens is 324 g/mol. The molecule has 24 heavy (non-hydrogen) atoms. The number of benzene rings is 2. The molecule has 1 aromatic heterocycles. The molecule has 3 aromatic rings. The van der Waals surface area contributed by atoms with E-state index in [1.807, 2.05) is 55.4 Å². The van der Waals surface area contributed by atoms with Crippen LogP contribution >= 0.6 is 11.6 Å². The Morgan fingerprint density at radius 1 is 0.875 bits per heavy atom. The van der Waals surface area contributed by atoms with E-state index in [1.165, 1.54) is 0 Å². The first-order valence-corrected chi connectivity index (χ1v) is 7.75. The minimum Gasteiger partial charge on any atom is -0.378 e. The highest BCUT2D eigenvalue weighted by atomic mass is 35.5. The zero-order valence-corrected chi connectivity index (χ0v) is 14.1. The van der Waals surface area contributed by atoms with E-state index < -0.39 is 0 Å². The largest absolute Gasteiger partial charge is 0.378 e. The van der Waals surface area contributed by atoms with Crippen LogP contribution in [0.1, 0.15) is 0 Å². The Kier molecular flexibility index (Phi) is 4.77. The Bertz CT molecular complexity index is 802. The van der Waals surface area contributed by atoms with E-state index in [0.29, 0.717) is 16.8 Å². The van der Waals surface area contributed by atoms with E-state index in [1.54, 1.807) is 18.3 Å². The molecule has 0 saturated carbocycles. The van der Waals surface area contributed by atoms with E-state index in [2.05, 4.69) is 25.8 Å². The molecule has 6 nitrogen and oxygen atoms in total. The van der Waals surface area contributed by atoms with Gasteiger partial charge in [0.15, 0.2) is 5.82 Å². The van der Waals surface area contributed by atoms with E-state index in [9.17, 15) is 0 Å². The molecule has 0 spiro atoms. The van der Waals surface area contributed by atoms with Gasteiger partial charge in [-0.25, -0.2) is 0 Å². The first kappa shape index (κ1) is 16.0. The molecule has 2 N–H and O–H groups in total. The number of rotatable bonds is 5. The van der Waals surface area contributed by atoms with Crippen molar-refractivity contribution in [3.8, 4) is 0 Å². The minimum absolute atomic E-state index is 0.409. The van der Waals surface area contributed by atoms with Crippen molar-refractivity contribution < 1.29 is 0 Å². The Balaban J connectivity index is 1.71. The van der Waals surface area contributed by atoms with Crippen molar-refractivity contribution in [3.05, 3.63) is 59.8 Å². The summed E-state index contributed by atoms with van der Waals surface area (Å²) in [5.74, 6) is 1.02. The molecule has 0 fully saturated rings. The lowest BCUT2D eigenvalue weighted by Crippen LogP contribution is -2.08. The molecule has 122 valence electrons. The number of hydrogen-bond donors (Lipinski definition) is 2. The van der Waals surface area contributed by atoms with Gasteiger partial charge < -0.3 is 15.5 Å². The number of hydrogen-bond acceptors (Lipinski definition) is 6. The van der Waals surface area contributed by atoms with Crippen molar-refractivity contribution in [1.29, 1.82) is 0 Å². The highest BCUT2D eigenvalue weighted by molar-refractivity contribution is 6.30. The summed E-state index contributed by atoms with van der Waals surface area (Å²) in [5, 5.41) is 14.9. The summed E-state index contributed by atoms with van der Waals surface area (Å²) in [6.45, 7) is 0. The number of halogens is 1. The van der Waals surface area contributed by atoms with Crippen molar-refractivity contribution in [2.45, 2.75) is 0 Å². The van der Waals surface area contributed by atoms with Gasteiger partial charge in [0.1, 0.15) is 0 Å². The normalized spacial score (nSPS) is 10.3. The Hall–Kier alpha value is -2.86. The van der Waals surface area contributed by atoms with Crippen LogP contribution in [0.5, 0.6) is 0 Å². The van der Waals surface area contributed by atoms with Crippen LogP contribution in [0.25, 0.3) is 0 Å². The minimum atomic E-state index is 0.409. The third-order valence-corrected chi connectivity index (χ3v) is 3.57. The third kappa shape index (κ3) is 4.11. The molecule has 7 heteroatoms. The van der Waals surface area contributed by atoms with E-state index >= 15 is 0 Å². The van der Waals surface area contributed by atoms with Crippen molar-refractivity contribution >= 4 is 40.4 Å². The van der Waals surface area contributed by atoms with Crippen molar-refractivity contribution in [1.82, 2.24) is 15.2 Å². The molecule has 0 atom stereocenters. The predicted octanol–water partition coefficient (Wildman–Crippen LogP) is 4.08. The molecule has 0 unspecified atom stereocenters. The van der Waals surface area contributed by atoms with Crippen LogP contribution in [0.4, 0.5) is 28.8 Å². The fourth-order valence-electron chi connectivity index (χ4n) is 2.07. The lowest BCUT2D eigenvalue weighted by molar-refractivity contribution is 0.982. The molecule has 3 rings (SSSR count). The second-order valence-electron chi connectivity index (χ2n) is 5.36. The molecule has 0 saturated heterocycles. The summed E-state index contributed by atoms with van der Waals surface area (Å²) >= 11 is 5.88. The molecule has 0 radical (unpaired) electrons. The Labute approximate surface area is 145 Å². The van der Waals surface area contributed by atoms with Crippen LogP contribution in [-0.4, -0.2) is 29.3 Å². The maximum Gasteiger partial charge on any atom is 0.249 e. The summed E-state index contributed by atoms with van der Waals surface area (Å²) in [6.07, 6.45) is 1.58. The zero-order valence-electron chi connectivity index (χ0n) is 13.4. The molecule has 0 aliphatic carbocycles. The maximum atomic E-state index is 5.88. The Morgan fingerprint density at radius 2 is 1.50 bits per heavy atom. The number of nitrogens with one attached hydrogen (secondary N) is 2. The zero-order chi connectivity index (χ0) is 16.9. The molecule has 1 heterocycles. The first-order chi connectivity index (χ1) is 11.6. The average Bonchev–Trinajstić information content (AvgIpc) is 2.58. The number of nitrogens with zero attached hydrogens (tertiary/aromatic N) is 4. The standard InChI is InChI=1S/C17H17ClN6/c1-24(2)15-9-7-13(8-10-15)20-16-11-19-23-17(22-16)21-14-5-3-12(18)4-6-14/h3-11H,1-2H3,(H2,20,21,22,23). The molecule has 0 aliphatic rings. The van der Waals surface area contributed by atoms with Gasteiger partial charge in [-0.3, -0.25) is 0 Å². The fraction of sp³-hybridized carbons (Fsp3) is 0.118. The molecule has 0 amide bonds. The lowest BCUT2D eigenvalue weighted by atomic mass is 10.2. The maximum absolute atomic E-state index is 5.88. The fourth-order valence-corrected chi connectivity index (χ4v) is 2.20. The van der Waals surface area contributed by atoms with Gasteiger partial charge in [-0.15, -0.1) is 5.10 Å². The average molecular weight is 341 g/mol. The van der Waals surface area contributed by atoms with E-state index in [4.69, 9.17) is 11.6 Å². The molecular formula is C17H17ClN6. The quantitative estimate of drug-likeness (QED) is 0.729. The van der Waals surface area contributed by atoms with Gasteiger partial charge in [0, 0.05) is 36.2 Å². The van der Waals surface area contributed by atoms with Gasteiger partial charge in [0.2, 0.25) is 5.95 Å². The second kappa shape index (κ2) is 7.14. The number of aromatic nitrogens is 3. The van der Waals surface area contributed by atoms with Gasteiger partial charge in [0.05, 0.1) is 6.20 Å². The van der Waals surface area contributed by atoms with E-state index in [-0.39, 0.29) is 0 Å². The van der Waals surface area contributed by atoms with Crippen LogP contribution in [-0.2, 0) is 0 Å². The summed E-state index contributed by atoms with van der Waals surface area (Å²) < 4.78 is 0. The Morgan fingerprint density at radius 3 is 2.17 bits per heavy atom. The van der Waals surface area contributed by atoms with Gasteiger partial charge >= 0.3 is 0 Å². The summed E-state index contributed by atoms with van der Waals surface area (Å²) in [6, 6.07) is 15.3. The molecule has 0 bridgehead atoms. The van der Waals surface area contributed by atoms with Crippen LogP contribution in [0, 0.1) is 0 Å². The third-order valence-electron chi connectivity index (χ3n) is 3.32. The summed E-state index contributed by atoms with van der Waals surface area (Å²) in [4.78, 5) is 6.45. The van der Waals surface area contributed by atoms with Gasteiger partial charge in [-0.2, -0.15) is 10.1 Å². The van der Waals surface area contributed by atoms with Crippen LogP contribution in [0.15, 0.2) is 54.7 Å². The lowest BCUT2D eigenvalue weighted by Gasteiger charge is -2.13. The summed E-state index contributed by atoms with van der Waals surface area (Å²) in [7, 11) is 4.01. The topological polar surface area (TPSA) is 66.0 Å². The monoisotopic (exact) mass is 340 g/mol. The summed E-state index contributed by atoms with van der Waals surface area (Å²) in [5.41, 5.74) is 2.90. The molecule has 2 aromatic carbocycles. The number of anilines is 5. The van der Waals surface area contributed by atoms with Crippen molar-refractivity contribution in [2.75, 3.05) is 29.6 Å². The van der Waals surface area contributed by atoms with Crippen LogP contribution in [0.3, 0.4) is 0 Å². The van der Waals surface area contributed by atoms with E-state index in [0.717, 1.165) is 17.1 Å². The van der Waals surface area contributed by atoms with Gasteiger partial charge in [-0.1, -0.05) is 11.6 Å². The highest BCUT2D eigenvalue weighted by Crippen LogP contribution is 2.20. The highest BCUT2D eigenvalue weighted by Gasteiger charge is 2.03. The smallest absolute Gasteiger partial charge is 0.249 e. The van der Waals surface area contributed by atoms with Gasteiger partial charge in [0.25, 0.3) is 0 Å². The van der Waals surface area contributed by atoms with Crippen molar-refractivity contribution in [2.24, 2.45) is 0 Å². The predicted molar refractivity (Wildman–Crippen MR) is 98.6 cm³/mol. The first-order valence-electron chi connectivity index (χ1n) is 7.37. The van der Waals surface area contributed by atoms with Crippen molar-refractivity contribution in [3.63, 3.8) is 0 Å². The van der Waals surface area contributed by atoms with Crippen LogP contribution < -0.4 is 15.5 Å². The van der Waals surface area contributed by atoms with Crippen LogP contribution in [0.2, 0.25) is 5.02 Å². The second-order valence-corrected chi connectivity index (χ2v) is 5.80. The molecule has 0 aliphatic heterocycles.